The zero-order chi connectivity index (χ0) is 9.14. The first-order valence-corrected chi connectivity index (χ1v) is 5.08. The minimum atomic E-state index is 0.620. The first-order chi connectivity index (χ1) is 5.69. The first kappa shape index (κ1) is 9.32. The maximum atomic E-state index is 5.74. The molecule has 12 heavy (non-hydrogen) atoms. The van der Waals surface area contributed by atoms with Crippen LogP contribution in [0.5, 0.6) is 0 Å². The molecule has 0 bridgehead atoms. The number of rotatable bonds is 2. The van der Waals surface area contributed by atoms with Crippen molar-refractivity contribution in [1.29, 1.82) is 0 Å². The van der Waals surface area contributed by atoms with E-state index < -0.39 is 0 Å². The summed E-state index contributed by atoms with van der Waals surface area (Å²) in [6.45, 7) is 4.03. The third-order valence-corrected chi connectivity index (χ3v) is 2.31. The zero-order valence-electron chi connectivity index (χ0n) is 7.59. The molecule has 2 N–H and O–H groups in total. The van der Waals surface area contributed by atoms with E-state index in [9.17, 15) is 0 Å². The summed E-state index contributed by atoms with van der Waals surface area (Å²) in [6, 6.07) is 0. The Morgan fingerprint density at radius 2 is 2.08 bits per heavy atom. The lowest BCUT2D eigenvalue weighted by atomic mass is 10.2. The number of thioether (sulfide) groups is 1. The standard InChI is InChI=1S/C8H13N3S/c1-4-6-5(2)10-8(12-3)11-7(6)9/h4H2,1-3H3,(H2,9,10,11). The molecule has 0 radical (unpaired) electrons. The van der Waals surface area contributed by atoms with Crippen molar-refractivity contribution in [2.75, 3.05) is 12.0 Å². The minimum Gasteiger partial charge on any atom is -0.383 e. The Kier molecular flexibility index (Phi) is 2.92. The molecule has 0 fully saturated rings. The molecule has 0 spiro atoms. The Morgan fingerprint density at radius 1 is 1.42 bits per heavy atom. The molecule has 0 saturated heterocycles. The molecule has 0 aliphatic carbocycles. The van der Waals surface area contributed by atoms with Crippen LogP contribution in [0, 0.1) is 6.92 Å². The van der Waals surface area contributed by atoms with Crippen molar-refractivity contribution in [1.82, 2.24) is 9.97 Å². The SMILES string of the molecule is CCc1c(C)nc(SC)nc1N. The van der Waals surface area contributed by atoms with E-state index in [1.807, 2.05) is 13.2 Å². The van der Waals surface area contributed by atoms with Crippen molar-refractivity contribution in [3.05, 3.63) is 11.3 Å². The van der Waals surface area contributed by atoms with E-state index in [4.69, 9.17) is 5.73 Å². The molecule has 0 aliphatic heterocycles. The van der Waals surface area contributed by atoms with Crippen LogP contribution >= 0.6 is 11.8 Å². The minimum absolute atomic E-state index is 0.620. The van der Waals surface area contributed by atoms with Gasteiger partial charge in [-0.25, -0.2) is 9.97 Å². The van der Waals surface area contributed by atoms with Gasteiger partial charge in [0.1, 0.15) is 5.82 Å². The molecule has 0 aliphatic rings. The highest BCUT2D eigenvalue weighted by Gasteiger charge is 2.05. The van der Waals surface area contributed by atoms with Gasteiger partial charge >= 0.3 is 0 Å². The lowest BCUT2D eigenvalue weighted by Gasteiger charge is -2.06. The van der Waals surface area contributed by atoms with Gasteiger partial charge in [0.15, 0.2) is 5.16 Å². The van der Waals surface area contributed by atoms with Crippen molar-refractivity contribution in [3.63, 3.8) is 0 Å². The van der Waals surface area contributed by atoms with Crippen LogP contribution in [0.25, 0.3) is 0 Å². The molecule has 0 atom stereocenters. The van der Waals surface area contributed by atoms with Crippen LogP contribution in [-0.2, 0) is 6.42 Å². The molecule has 0 unspecified atom stereocenters. The van der Waals surface area contributed by atoms with Gasteiger partial charge in [-0.05, 0) is 19.6 Å². The predicted molar refractivity (Wildman–Crippen MR) is 52.3 cm³/mol. The van der Waals surface area contributed by atoms with E-state index in [1.54, 1.807) is 0 Å². The second-order valence-corrected chi connectivity index (χ2v) is 3.29. The second-order valence-electron chi connectivity index (χ2n) is 2.51. The van der Waals surface area contributed by atoms with E-state index in [1.165, 1.54) is 11.8 Å². The van der Waals surface area contributed by atoms with Gasteiger partial charge < -0.3 is 5.73 Å². The topological polar surface area (TPSA) is 51.8 Å². The highest BCUT2D eigenvalue weighted by atomic mass is 32.2. The molecule has 66 valence electrons. The second kappa shape index (κ2) is 3.76. The van der Waals surface area contributed by atoms with Gasteiger partial charge in [0.2, 0.25) is 0 Å². The third-order valence-electron chi connectivity index (χ3n) is 1.76. The summed E-state index contributed by atoms with van der Waals surface area (Å²) in [4.78, 5) is 8.45. The van der Waals surface area contributed by atoms with Crippen molar-refractivity contribution >= 4 is 17.6 Å². The normalized spacial score (nSPS) is 10.2. The fraction of sp³-hybridized carbons (Fsp3) is 0.500. The zero-order valence-corrected chi connectivity index (χ0v) is 8.40. The van der Waals surface area contributed by atoms with Gasteiger partial charge in [-0.3, -0.25) is 0 Å². The van der Waals surface area contributed by atoms with Crippen molar-refractivity contribution in [2.24, 2.45) is 0 Å². The molecule has 1 aromatic rings. The summed E-state index contributed by atoms with van der Waals surface area (Å²) in [5.41, 5.74) is 7.80. The predicted octanol–water partition coefficient (Wildman–Crippen LogP) is 1.65. The molecular weight excluding hydrogens is 170 g/mol. The Hall–Kier alpha value is -0.770. The Labute approximate surface area is 76.8 Å². The molecular formula is C8H13N3S. The summed E-state index contributed by atoms with van der Waals surface area (Å²) in [7, 11) is 0. The molecule has 0 amide bonds. The number of nitrogen functional groups attached to an aromatic ring is 1. The van der Waals surface area contributed by atoms with Gasteiger partial charge in [-0.2, -0.15) is 0 Å². The van der Waals surface area contributed by atoms with Crippen LogP contribution in [-0.4, -0.2) is 16.2 Å². The summed E-state index contributed by atoms with van der Waals surface area (Å²) in [5, 5.41) is 0.752. The fourth-order valence-electron chi connectivity index (χ4n) is 1.12. The molecule has 0 aromatic carbocycles. The first-order valence-electron chi connectivity index (χ1n) is 3.86. The van der Waals surface area contributed by atoms with Gasteiger partial charge in [-0.1, -0.05) is 18.7 Å². The summed E-state index contributed by atoms with van der Waals surface area (Å²) in [6.07, 6.45) is 2.84. The van der Waals surface area contributed by atoms with Crippen LogP contribution < -0.4 is 5.73 Å². The molecule has 1 rings (SSSR count). The lowest BCUT2D eigenvalue weighted by Crippen LogP contribution is -2.03. The van der Waals surface area contributed by atoms with Crippen LogP contribution in [0.15, 0.2) is 5.16 Å². The van der Waals surface area contributed by atoms with Crippen molar-refractivity contribution in [2.45, 2.75) is 25.4 Å². The van der Waals surface area contributed by atoms with E-state index in [-0.39, 0.29) is 0 Å². The van der Waals surface area contributed by atoms with Crippen LogP contribution in [0.4, 0.5) is 5.82 Å². The maximum absolute atomic E-state index is 5.74. The lowest BCUT2D eigenvalue weighted by molar-refractivity contribution is 0.900. The van der Waals surface area contributed by atoms with Crippen molar-refractivity contribution < 1.29 is 0 Å². The van der Waals surface area contributed by atoms with Gasteiger partial charge in [0.05, 0.1) is 0 Å². The van der Waals surface area contributed by atoms with Crippen LogP contribution in [0.1, 0.15) is 18.2 Å². The monoisotopic (exact) mass is 183 g/mol. The molecule has 1 heterocycles. The molecule has 4 heteroatoms. The number of hydrogen-bond acceptors (Lipinski definition) is 4. The number of aromatic nitrogens is 2. The van der Waals surface area contributed by atoms with Gasteiger partial charge in [-0.15, -0.1) is 0 Å². The quantitative estimate of drug-likeness (QED) is 0.559. The molecule has 1 aromatic heterocycles. The Bertz CT molecular complexity index is 263. The van der Waals surface area contributed by atoms with Crippen LogP contribution in [0.2, 0.25) is 0 Å². The summed E-state index contributed by atoms with van der Waals surface area (Å²) >= 11 is 1.51. The maximum Gasteiger partial charge on any atom is 0.189 e. The number of nitrogens with zero attached hydrogens (tertiary/aromatic N) is 2. The van der Waals surface area contributed by atoms with E-state index in [2.05, 4.69) is 16.9 Å². The van der Waals surface area contributed by atoms with Gasteiger partial charge in [0.25, 0.3) is 0 Å². The summed E-state index contributed by atoms with van der Waals surface area (Å²) in [5.74, 6) is 0.620. The van der Waals surface area contributed by atoms with Crippen LogP contribution in [0.3, 0.4) is 0 Å². The highest BCUT2D eigenvalue weighted by Crippen LogP contribution is 2.17. The van der Waals surface area contributed by atoms with Crippen molar-refractivity contribution in [3.8, 4) is 0 Å². The molecule has 0 saturated carbocycles. The van der Waals surface area contributed by atoms with E-state index >= 15 is 0 Å². The number of aryl methyl sites for hydroxylation is 1. The third kappa shape index (κ3) is 1.69. The number of anilines is 1. The fourth-order valence-corrected chi connectivity index (χ4v) is 1.54. The largest absolute Gasteiger partial charge is 0.383 e. The Balaban J connectivity index is 3.18. The van der Waals surface area contributed by atoms with E-state index in [0.29, 0.717) is 5.82 Å². The average molecular weight is 183 g/mol. The van der Waals surface area contributed by atoms with E-state index in [0.717, 1.165) is 22.8 Å². The molecule has 3 nitrogen and oxygen atoms in total. The average Bonchev–Trinajstić information content (AvgIpc) is 2.03. The summed E-state index contributed by atoms with van der Waals surface area (Å²) < 4.78 is 0. The number of nitrogens with two attached hydrogens (primary N) is 1. The highest BCUT2D eigenvalue weighted by molar-refractivity contribution is 7.98. The number of hydrogen-bond donors (Lipinski definition) is 1. The van der Waals surface area contributed by atoms with Gasteiger partial charge in [0, 0.05) is 11.3 Å². The Morgan fingerprint density at radius 3 is 2.50 bits per heavy atom. The smallest absolute Gasteiger partial charge is 0.189 e.